The third kappa shape index (κ3) is 4.75. The van der Waals surface area contributed by atoms with Gasteiger partial charge in [-0.1, -0.05) is 42.8 Å². The van der Waals surface area contributed by atoms with Crippen LogP contribution in [0.25, 0.3) is 0 Å². The first kappa shape index (κ1) is 17.9. The van der Waals surface area contributed by atoms with Gasteiger partial charge in [0, 0.05) is 6.07 Å². The van der Waals surface area contributed by atoms with Crippen LogP contribution in [-0.4, -0.2) is 19.1 Å². The Morgan fingerprint density at radius 2 is 1.79 bits per heavy atom. The molecule has 0 heterocycles. The lowest BCUT2D eigenvalue weighted by Gasteiger charge is -2.21. The zero-order chi connectivity index (χ0) is 17.5. The van der Waals surface area contributed by atoms with Crippen molar-refractivity contribution in [2.24, 2.45) is 0 Å². The first-order valence-corrected chi connectivity index (χ1v) is 8.21. The molecule has 0 saturated heterocycles. The highest BCUT2D eigenvalue weighted by atomic mass is 16.5. The van der Waals surface area contributed by atoms with Gasteiger partial charge < -0.3 is 14.8 Å². The average molecular weight is 327 g/mol. The summed E-state index contributed by atoms with van der Waals surface area (Å²) in [6.45, 7) is 5.85. The summed E-state index contributed by atoms with van der Waals surface area (Å²) in [6.07, 6.45) is 0.234. The number of benzene rings is 2. The van der Waals surface area contributed by atoms with Crippen LogP contribution >= 0.6 is 0 Å². The molecule has 0 aromatic heterocycles. The molecule has 1 amide bonds. The van der Waals surface area contributed by atoms with Crippen LogP contribution in [0.4, 0.5) is 0 Å². The highest BCUT2D eigenvalue weighted by Crippen LogP contribution is 2.21. The van der Waals surface area contributed by atoms with Crippen molar-refractivity contribution in [2.45, 2.75) is 39.3 Å². The molecule has 24 heavy (non-hydrogen) atoms. The molecule has 0 aliphatic carbocycles. The zero-order valence-electron chi connectivity index (χ0n) is 14.7. The van der Waals surface area contributed by atoms with Gasteiger partial charge in [0.1, 0.15) is 11.5 Å². The van der Waals surface area contributed by atoms with Crippen LogP contribution in [0.15, 0.2) is 48.5 Å². The smallest absolute Gasteiger partial charge is 0.261 e. The number of nitrogens with one attached hydrogen (secondary N) is 1. The minimum absolute atomic E-state index is 0.0190. The number of hydrogen-bond donors (Lipinski definition) is 1. The van der Waals surface area contributed by atoms with Crippen LogP contribution < -0.4 is 14.8 Å². The maximum absolute atomic E-state index is 12.4. The Balaban J connectivity index is 2.00. The van der Waals surface area contributed by atoms with Crippen LogP contribution in [-0.2, 0) is 4.79 Å². The predicted molar refractivity (Wildman–Crippen MR) is 95.4 cm³/mol. The molecule has 128 valence electrons. The monoisotopic (exact) mass is 327 g/mol. The summed E-state index contributed by atoms with van der Waals surface area (Å²) in [7, 11) is 1.60. The first-order valence-electron chi connectivity index (χ1n) is 8.21. The Morgan fingerprint density at radius 3 is 2.42 bits per heavy atom. The lowest BCUT2D eigenvalue weighted by Crippen LogP contribution is -2.38. The fourth-order valence-electron chi connectivity index (χ4n) is 2.44. The lowest BCUT2D eigenvalue weighted by molar-refractivity contribution is -0.128. The van der Waals surface area contributed by atoms with E-state index in [2.05, 4.69) is 36.5 Å². The van der Waals surface area contributed by atoms with E-state index >= 15 is 0 Å². The second-order valence-electron chi connectivity index (χ2n) is 5.82. The number of methoxy groups -OCH3 is 1. The topological polar surface area (TPSA) is 47.6 Å². The molecule has 2 aromatic rings. The van der Waals surface area contributed by atoms with Gasteiger partial charge in [-0.2, -0.15) is 0 Å². The Labute approximate surface area is 143 Å². The van der Waals surface area contributed by atoms with Crippen molar-refractivity contribution in [3.8, 4) is 11.5 Å². The third-order valence-corrected chi connectivity index (χ3v) is 3.93. The van der Waals surface area contributed by atoms with Crippen LogP contribution in [0.2, 0.25) is 0 Å². The van der Waals surface area contributed by atoms with Gasteiger partial charge in [-0.05, 0) is 38.0 Å². The number of rotatable bonds is 7. The Kier molecular flexibility index (Phi) is 6.24. The quantitative estimate of drug-likeness (QED) is 0.835. The minimum atomic E-state index is -0.586. The van der Waals surface area contributed by atoms with E-state index in [-0.39, 0.29) is 11.9 Å². The standard InChI is InChI=1S/C20H25NO3/c1-5-19(16-11-9-14(2)10-12-16)21-20(22)15(3)24-18-8-6-7-17(13-18)23-4/h6-13,15,19H,5H2,1-4H3,(H,21,22)/t15-,19+/m0/s1. The Hall–Kier alpha value is -2.49. The molecule has 0 bridgehead atoms. The second-order valence-corrected chi connectivity index (χ2v) is 5.82. The highest BCUT2D eigenvalue weighted by Gasteiger charge is 2.19. The molecule has 2 rings (SSSR count). The summed E-state index contributed by atoms with van der Waals surface area (Å²) in [5, 5.41) is 3.06. The second kappa shape index (κ2) is 8.39. The van der Waals surface area contributed by atoms with E-state index < -0.39 is 6.10 Å². The molecule has 0 saturated carbocycles. The molecular formula is C20H25NO3. The zero-order valence-corrected chi connectivity index (χ0v) is 14.7. The summed E-state index contributed by atoms with van der Waals surface area (Å²) in [6, 6.07) is 15.4. The van der Waals surface area contributed by atoms with Gasteiger partial charge in [-0.15, -0.1) is 0 Å². The SMILES string of the molecule is CC[C@@H](NC(=O)[C@H](C)Oc1cccc(OC)c1)c1ccc(C)cc1. The van der Waals surface area contributed by atoms with E-state index in [0.29, 0.717) is 11.5 Å². The number of carbonyl (C=O) groups is 1. The maximum atomic E-state index is 12.4. The van der Waals surface area contributed by atoms with Crippen LogP contribution in [0.5, 0.6) is 11.5 Å². The summed E-state index contributed by atoms with van der Waals surface area (Å²) in [5.41, 5.74) is 2.31. The summed E-state index contributed by atoms with van der Waals surface area (Å²) >= 11 is 0. The van der Waals surface area contributed by atoms with Gasteiger partial charge in [-0.3, -0.25) is 4.79 Å². The van der Waals surface area contributed by atoms with Crippen LogP contribution in [0.3, 0.4) is 0 Å². The van der Waals surface area contributed by atoms with Gasteiger partial charge >= 0.3 is 0 Å². The van der Waals surface area contributed by atoms with Gasteiger partial charge in [0.15, 0.2) is 6.10 Å². The number of ether oxygens (including phenoxy) is 2. The predicted octanol–water partition coefficient (Wildman–Crippen LogP) is 4.04. The largest absolute Gasteiger partial charge is 0.497 e. The molecular weight excluding hydrogens is 302 g/mol. The van der Waals surface area contributed by atoms with Crippen LogP contribution in [0.1, 0.15) is 37.4 Å². The first-order chi connectivity index (χ1) is 11.5. The molecule has 1 N–H and O–H groups in total. The van der Waals surface area contributed by atoms with Crippen molar-refractivity contribution in [2.75, 3.05) is 7.11 Å². The summed E-state index contributed by atoms with van der Waals surface area (Å²) < 4.78 is 10.9. The molecule has 0 fully saturated rings. The van der Waals surface area contributed by atoms with E-state index in [4.69, 9.17) is 9.47 Å². The number of hydrogen-bond acceptors (Lipinski definition) is 3. The van der Waals surface area contributed by atoms with Gasteiger partial charge in [-0.25, -0.2) is 0 Å². The van der Waals surface area contributed by atoms with Crippen molar-refractivity contribution >= 4 is 5.91 Å². The van der Waals surface area contributed by atoms with Crippen molar-refractivity contribution in [1.29, 1.82) is 0 Å². The van der Waals surface area contributed by atoms with E-state index in [0.717, 1.165) is 12.0 Å². The molecule has 0 aliphatic heterocycles. The molecule has 0 spiro atoms. The van der Waals surface area contributed by atoms with Crippen molar-refractivity contribution < 1.29 is 14.3 Å². The highest BCUT2D eigenvalue weighted by molar-refractivity contribution is 5.81. The number of aryl methyl sites for hydroxylation is 1. The molecule has 0 unspecified atom stereocenters. The fraction of sp³-hybridized carbons (Fsp3) is 0.350. The van der Waals surface area contributed by atoms with Crippen LogP contribution in [0, 0.1) is 6.92 Å². The van der Waals surface area contributed by atoms with Crippen molar-refractivity contribution in [3.63, 3.8) is 0 Å². The van der Waals surface area contributed by atoms with E-state index in [1.165, 1.54) is 5.56 Å². The summed E-state index contributed by atoms with van der Waals surface area (Å²) in [5.74, 6) is 1.18. The molecule has 4 nitrogen and oxygen atoms in total. The molecule has 2 aromatic carbocycles. The summed E-state index contributed by atoms with van der Waals surface area (Å²) in [4.78, 5) is 12.4. The van der Waals surface area contributed by atoms with E-state index in [1.807, 2.05) is 25.1 Å². The lowest BCUT2D eigenvalue weighted by atomic mass is 10.0. The molecule has 0 aliphatic rings. The normalized spacial score (nSPS) is 13.0. The maximum Gasteiger partial charge on any atom is 0.261 e. The van der Waals surface area contributed by atoms with Crippen molar-refractivity contribution in [3.05, 3.63) is 59.7 Å². The number of carbonyl (C=O) groups excluding carboxylic acids is 1. The Morgan fingerprint density at radius 1 is 1.12 bits per heavy atom. The minimum Gasteiger partial charge on any atom is -0.497 e. The van der Waals surface area contributed by atoms with Gasteiger partial charge in [0.05, 0.1) is 13.2 Å². The average Bonchev–Trinajstić information content (AvgIpc) is 2.60. The van der Waals surface area contributed by atoms with Crippen molar-refractivity contribution in [1.82, 2.24) is 5.32 Å². The third-order valence-electron chi connectivity index (χ3n) is 3.93. The molecule has 2 atom stereocenters. The van der Waals surface area contributed by atoms with E-state index in [1.54, 1.807) is 20.1 Å². The van der Waals surface area contributed by atoms with E-state index in [9.17, 15) is 4.79 Å². The fourth-order valence-corrected chi connectivity index (χ4v) is 2.44. The molecule has 0 radical (unpaired) electrons. The van der Waals surface area contributed by atoms with Gasteiger partial charge in [0.2, 0.25) is 0 Å². The number of amides is 1. The Bertz CT molecular complexity index is 667. The molecule has 4 heteroatoms. The van der Waals surface area contributed by atoms with Gasteiger partial charge in [0.25, 0.3) is 5.91 Å².